The molecule has 5 rings (SSSR count). The first-order chi connectivity index (χ1) is 15.5. The zero-order chi connectivity index (χ0) is 22.2. The second-order valence-electron chi connectivity index (χ2n) is 8.32. The lowest BCUT2D eigenvalue weighted by molar-refractivity contribution is -0.122. The first kappa shape index (κ1) is 20.2. The molecule has 1 atom stereocenters. The Labute approximate surface area is 185 Å². The maximum Gasteiger partial charge on any atom is 0.278 e. The van der Waals surface area contributed by atoms with Crippen molar-refractivity contribution in [2.24, 2.45) is 0 Å². The third-order valence-corrected chi connectivity index (χ3v) is 6.18. The van der Waals surface area contributed by atoms with Crippen LogP contribution in [0.3, 0.4) is 0 Å². The third-order valence-electron chi connectivity index (χ3n) is 6.18. The van der Waals surface area contributed by atoms with Crippen LogP contribution >= 0.6 is 0 Å². The van der Waals surface area contributed by atoms with Crippen LogP contribution < -0.4 is 10.9 Å². The largest absolute Gasteiger partial charge is 0.348 e. The number of amides is 1. The highest BCUT2D eigenvalue weighted by Gasteiger charge is 2.23. The summed E-state index contributed by atoms with van der Waals surface area (Å²) < 4.78 is 3.01. The lowest BCUT2D eigenvalue weighted by Gasteiger charge is -2.26. The van der Waals surface area contributed by atoms with Gasteiger partial charge in [-0.15, -0.1) is 0 Å². The highest BCUT2D eigenvalue weighted by molar-refractivity contribution is 5.83. The number of carbonyl (C=O) groups is 1. The van der Waals surface area contributed by atoms with Gasteiger partial charge in [0.05, 0.1) is 28.5 Å². The SMILES string of the molecule is Cc1nn(CC(=O)N[C@@H]2CCCc3ccccc32)c(=O)c2c(C)n(-c3ccccc3)nc12. The molecule has 0 fully saturated rings. The van der Waals surface area contributed by atoms with Crippen LogP contribution in [0.1, 0.15) is 41.4 Å². The molecule has 2 heterocycles. The van der Waals surface area contributed by atoms with Crippen LogP contribution in [-0.4, -0.2) is 25.5 Å². The molecule has 162 valence electrons. The number of nitrogens with zero attached hydrogens (tertiary/aromatic N) is 4. The van der Waals surface area contributed by atoms with Crippen molar-refractivity contribution in [2.75, 3.05) is 0 Å². The van der Waals surface area contributed by atoms with Crippen LogP contribution in [0.5, 0.6) is 0 Å². The fourth-order valence-electron chi connectivity index (χ4n) is 4.62. The molecule has 1 aliphatic carbocycles. The van der Waals surface area contributed by atoms with Crippen LogP contribution in [0, 0.1) is 13.8 Å². The number of fused-ring (bicyclic) bond motifs is 2. The Morgan fingerprint density at radius 3 is 2.62 bits per heavy atom. The number of hydrogen-bond donors (Lipinski definition) is 1. The molecular weight excluding hydrogens is 402 g/mol. The number of rotatable bonds is 4. The molecule has 7 heteroatoms. The van der Waals surface area contributed by atoms with Crippen molar-refractivity contribution in [1.82, 2.24) is 24.9 Å². The van der Waals surface area contributed by atoms with Gasteiger partial charge in [-0.25, -0.2) is 9.36 Å². The Morgan fingerprint density at radius 1 is 1.06 bits per heavy atom. The summed E-state index contributed by atoms with van der Waals surface area (Å²) >= 11 is 0. The molecule has 1 amide bonds. The second kappa shape index (κ2) is 8.07. The van der Waals surface area contributed by atoms with Crippen molar-refractivity contribution in [2.45, 2.75) is 45.7 Å². The summed E-state index contributed by atoms with van der Waals surface area (Å²) in [5.74, 6) is -0.215. The fraction of sp³-hybridized carbons (Fsp3) is 0.280. The number of nitrogens with one attached hydrogen (secondary N) is 1. The topological polar surface area (TPSA) is 81.8 Å². The van der Waals surface area contributed by atoms with E-state index in [1.165, 1.54) is 15.8 Å². The number of benzene rings is 2. The number of aryl methyl sites for hydroxylation is 3. The van der Waals surface area contributed by atoms with Crippen molar-refractivity contribution in [3.63, 3.8) is 0 Å². The van der Waals surface area contributed by atoms with Gasteiger partial charge in [0, 0.05) is 0 Å². The van der Waals surface area contributed by atoms with Gasteiger partial charge in [0.2, 0.25) is 5.91 Å². The van der Waals surface area contributed by atoms with E-state index in [4.69, 9.17) is 0 Å². The normalized spacial score (nSPS) is 15.5. The van der Waals surface area contributed by atoms with Crippen LogP contribution in [0.2, 0.25) is 0 Å². The molecule has 32 heavy (non-hydrogen) atoms. The maximum atomic E-state index is 13.2. The Hall–Kier alpha value is -3.74. The minimum atomic E-state index is -0.301. The van der Waals surface area contributed by atoms with Gasteiger partial charge in [0.25, 0.3) is 5.56 Å². The molecular formula is C25H25N5O2. The number of carbonyl (C=O) groups excluding carboxylic acids is 1. The smallest absolute Gasteiger partial charge is 0.278 e. The summed E-state index contributed by atoms with van der Waals surface area (Å²) in [6.45, 7) is 3.56. The Balaban J connectivity index is 1.45. The van der Waals surface area contributed by atoms with Gasteiger partial charge in [-0.2, -0.15) is 10.2 Å². The van der Waals surface area contributed by atoms with E-state index in [0.29, 0.717) is 16.6 Å². The first-order valence-corrected chi connectivity index (χ1v) is 10.9. The Kier molecular flexibility index (Phi) is 5.09. The van der Waals surface area contributed by atoms with Gasteiger partial charge >= 0.3 is 0 Å². The van der Waals surface area contributed by atoms with E-state index in [9.17, 15) is 9.59 Å². The van der Waals surface area contributed by atoms with E-state index in [-0.39, 0.29) is 24.1 Å². The molecule has 0 bridgehead atoms. The van der Waals surface area contributed by atoms with Gasteiger partial charge in [0.1, 0.15) is 12.1 Å². The Bertz CT molecular complexity index is 1370. The van der Waals surface area contributed by atoms with Gasteiger partial charge in [-0.1, -0.05) is 42.5 Å². The van der Waals surface area contributed by atoms with Crippen LogP contribution in [0.25, 0.3) is 16.6 Å². The van der Waals surface area contributed by atoms with E-state index in [1.807, 2.05) is 56.3 Å². The zero-order valence-electron chi connectivity index (χ0n) is 18.2. The van der Waals surface area contributed by atoms with E-state index in [1.54, 1.807) is 4.68 Å². The highest BCUT2D eigenvalue weighted by atomic mass is 16.2. The highest BCUT2D eigenvalue weighted by Crippen LogP contribution is 2.29. The summed E-state index contributed by atoms with van der Waals surface area (Å²) in [5.41, 5.74) is 4.93. The van der Waals surface area contributed by atoms with Crippen molar-refractivity contribution >= 4 is 16.8 Å². The zero-order valence-corrected chi connectivity index (χ0v) is 18.2. The van der Waals surface area contributed by atoms with E-state index in [0.717, 1.165) is 30.6 Å². The second-order valence-corrected chi connectivity index (χ2v) is 8.32. The lowest BCUT2D eigenvalue weighted by atomic mass is 9.88. The third kappa shape index (κ3) is 3.49. The predicted molar refractivity (Wildman–Crippen MR) is 123 cm³/mol. The number of aromatic nitrogens is 4. The van der Waals surface area contributed by atoms with Gasteiger partial charge in [-0.3, -0.25) is 9.59 Å². The molecule has 1 N–H and O–H groups in total. The minimum Gasteiger partial charge on any atom is -0.348 e. The van der Waals surface area contributed by atoms with E-state index < -0.39 is 0 Å². The molecule has 7 nitrogen and oxygen atoms in total. The number of hydrogen-bond acceptors (Lipinski definition) is 4. The summed E-state index contributed by atoms with van der Waals surface area (Å²) in [5, 5.41) is 12.6. The molecule has 0 saturated heterocycles. The van der Waals surface area contributed by atoms with Crippen molar-refractivity contribution in [1.29, 1.82) is 0 Å². The molecule has 4 aromatic rings. The van der Waals surface area contributed by atoms with Gasteiger partial charge in [0.15, 0.2) is 0 Å². The average Bonchev–Trinajstić information content (AvgIpc) is 3.16. The summed E-state index contributed by atoms with van der Waals surface area (Å²) in [6, 6.07) is 17.9. The molecule has 0 unspecified atom stereocenters. The fourth-order valence-corrected chi connectivity index (χ4v) is 4.62. The Morgan fingerprint density at radius 2 is 1.81 bits per heavy atom. The first-order valence-electron chi connectivity index (χ1n) is 10.9. The molecule has 0 radical (unpaired) electrons. The van der Waals surface area contributed by atoms with Crippen LogP contribution in [0.4, 0.5) is 0 Å². The standard InChI is InChI=1S/C25H25N5O2/c1-16-24-23(17(2)30(28-24)19-11-4-3-5-12-19)25(32)29(27-16)15-22(31)26-21-14-8-10-18-9-6-7-13-20(18)21/h3-7,9,11-13,21H,8,10,14-15H2,1-2H3,(H,26,31)/t21-/m1/s1. The van der Waals surface area contributed by atoms with Crippen molar-refractivity contribution in [3.8, 4) is 5.69 Å². The minimum absolute atomic E-state index is 0.0319. The van der Waals surface area contributed by atoms with Crippen LogP contribution in [0.15, 0.2) is 59.4 Å². The number of para-hydroxylation sites is 1. The quantitative estimate of drug-likeness (QED) is 0.541. The summed E-state index contributed by atoms with van der Waals surface area (Å²) in [4.78, 5) is 26.1. The van der Waals surface area contributed by atoms with Gasteiger partial charge in [-0.05, 0) is 56.4 Å². The monoisotopic (exact) mass is 427 g/mol. The summed E-state index contributed by atoms with van der Waals surface area (Å²) in [6.07, 6.45) is 2.96. The van der Waals surface area contributed by atoms with Gasteiger partial charge < -0.3 is 5.32 Å². The molecule has 2 aromatic heterocycles. The lowest BCUT2D eigenvalue weighted by Crippen LogP contribution is -2.37. The summed E-state index contributed by atoms with van der Waals surface area (Å²) in [7, 11) is 0. The van der Waals surface area contributed by atoms with Crippen LogP contribution in [-0.2, 0) is 17.8 Å². The molecule has 0 saturated carbocycles. The molecule has 1 aliphatic rings. The van der Waals surface area contributed by atoms with Crippen molar-refractivity contribution < 1.29 is 4.79 Å². The maximum absolute atomic E-state index is 13.2. The average molecular weight is 428 g/mol. The predicted octanol–water partition coefficient (Wildman–Crippen LogP) is 3.39. The van der Waals surface area contributed by atoms with E-state index >= 15 is 0 Å². The van der Waals surface area contributed by atoms with E-state index in [2.05, 4.69) is 27.6 Å². The molecule has 2 aromatic carbocycles. The van der Waals surface area contributed by atoms with Crippen molar-refractivity contribution in [3.05, 3.63) is 87.5 Å². The molecule has 0 aliphatic heterocycles. The molecule has 0 spiro atoms.